The predicted molar refractivity (Wildman–Crippen MR) is 160 cm³/mol. The SMILES string of the molecule is C#CC1CN(C(=O)C(CC(C)C)NC(=O)c2ccc(-c3nc(N4CCN(C)CC4)sc3F)cc2)C(C(=O)CC)C1C. The third kappa shape index (κ3) is 6.79. The summed E-state index contributed by atoms with van der Waals surface area (Å²) in [6.45, 7) is 11.3. The van der Waals surface area contributed by atoms with E-state index < -0.39 is 18.0 Å². The maximum Gasteiger partial charge on any atom is 0.251 e. The van der Waals surface area contributed by atoms with E-state index >= 15 is 0 Å². The van der Waals surface area contributed by atoms with Crippen molar-refractivity contribution in [1.82, 2.24) is 20.1 Å². The minimum atomic E-state index is -0.805. The highest BCUT2D eigenvalue weighted by Gasteiger charge is 2.45. The highest BCUT2D eigenvalue weighted by molar-refractivity contribution is 7.14. The molecule has 0 spiro atoms. The Morgan fingerprint density at radius 3 is 2.41 bits per heavy atom. The summed E-state index contributed by atoms with van der Waals surface area (Å²) >= 11 is 1.03. The van der Waals surface area contributed by atoms with Crippen molar-refractivity contribution in [3.05, 3.63) is 35.0 Å². The van der Waals surface area contributed by atoms with Gasteiger partial charge in [0, 0.05) is 56.2 Å². The predicted octanol–water partition coefficient (Wildman–Crippen LogP) is 3.92. The first-order valence-corrected chi connectivity index (χ1v) is 15.2. The molecule has 2 aromatic rings. The number of halogens is 1. The van der Waals surface area contributed by atoms with Gasteiger partial charge < -0.3 is 20.0 Å². The van der Waals surface area contributed by atoms with E-state index in [1.165, 1.54) is 0 Å². The lowest BCUT2D eigenvalue weighted by atomic mass is 9.90. The van der Waals surface area contributed by atoms with E-state index in [1.54, 1.807) is 36.1 Å². The van der Waals surface area contributed by atoms with E-state index in [0.717, 1.165) is 37.5 Å². The summed E-state index contributed by atoms with van der Waals surface area (Å²) in [6.07, 6.45) is 6.43. The second-order valence-electron chi connectivity index (χ2n) is 11.5. The number of nitrogens with zero attached hydrogens (tertiary/aromatic N) is 4. The second kappa shape index (κ2) is 13.1. The number of anilines is 1. The molecule has 0 saturated carbocycles. The molecule has 1 aromatic carbocycles. The lowest BCUT2D eigenvalue weighted by Crippen LogP contribution is -2.52. The largest absolute Gasteiger partial charge is 0.345 e. The molecule has 1 aromatic heterocycles. The van der Waals surface area contributed by atoms with Crippen molar-refractivity contribution in [2.75, 3.05) is 44.7 Å². The number of carbonyl (C=O) groups is 3. The van der Waals surface area contributed by atoms with Crippen LogP contribution in [-0.2, 0) is 9.59 Å². The highest BCUT2D eigenvalue weighted by Crippen LogP contribution is 2.33. The number of thiazole rings is 1. The van der Waals surface area contributed by atoms with Crippen LogP contribution in [0.25, 0.3) is 11.3 Å². The number of Topliss-reactive ketones (excluding diaryl/α,β-unsaturated/α-hetero) is 1. The fraction of sp³-hybridized carbons (Fsp3) is 0.548. The molecule has 10 heteroatoms. The number of hydrogen-bond acceptors (Lipinski definition) is 7. The number of amides is 2. The number of piperazine rings is 1. The van der Waals surface area contributed by atoms with Gasteiger partial charge in [-0.05, 0) is 37.4 Å². The normalized spacial score (nSPS) is 22.0. The number of likely N-dealkylation sites (N-methyl/N-ethyl adjacent to an activating group) is 1. The van der Waals surface area contributed by atoms with Crippen LogP contribution in [0.1, 0.15) is 50.9 Å². The molecule has 1 N–H and O–H groups in total. The average Bonchev–Trinajstić information content (AvgIpc) is 3.51. The standard InChI is InChI=1S/C31H40FN5O3S/c1-7-21-18-37(27(20(21)5)25(38)8-2)30(40)24(17-19(3)4)33-29(39)23-11-9-22(10-12-23)26-28(32)41-31(34-26)36-15-13-35(6)14-16-36/h1,9-12,19-21,24,27H,8,13-18H2,2-6H3,(H,33,39). The van der Waals surface area contributed by atoms with Gasteiger partial charge in [-0.15, -0.1) is 12.3 Å². The molecule has 8 nitrogen and oxygen atoms in total. The van der Waals surface area contributed by atoms with Crippen molar-refractivity contribution >= 4 is 34.1 Å². The molecule has 4 rings (SSSR count). The molecule has 41 heavy (non-hydrogen) atoms. The Morgan fingerprint density at radius 1 is 1.17 bits per heavy atom. The van der Waals surface area contributed by atoms with Crippen LogP contribution < -0.4 is 10.2 Å². The second-order valence-corrected chi connectivity index (χ2v) is 12.5. The summed E-state index contributed by atoms with van der Waals surface area (Å²) in [6, 6.07) is 5.19. The van der Waals surface area contributed by atoms with E-state index in [9.17, 15) is 18.8 Å². The molecule has 3 heterocycles. The summed E-state index contributed by atoms with van der Waals surface area (Å²) in [5.41, 5.74) is 1.20. The third-order valence-corrected chi connectivity index (χ3v) is 9.02. The smallest absolute Gasteiger partial charge is 0.251 e. The molecular weight excluding hydrogens is 541 g/mol. The molecule has 0 bridgehead atoms. The molecule has 4 atom stereocenters. The Morgan fingerprint density at radius 2 is 1.83 bits per heavy atom. The Bertz CT molecular complexity index is 1300. The van der Waals surface area contributed by atoms with Crippen molar-refractivity contribution in [3.8, 4) is 23.6 Å². The molecule has 2 saturated heterocycles. The zero-order valence-corrected chi connectivity index (χ0v) is 25.3. The first-order valence-electron chi connectivity index (χ1n) is 14.3. The van der Waals surface area contributed by atoms with E-state index in [4.69, 9.17) is 6.42 Å². The van der Waals surface area contributed by atoms with Crippen LogP contribution >= 0.6 is 11.3 Å². The summed E-state index contributed by atoms with van der Waals surface area (Å²) in [5.74, 6) is 1.75. The van der Waals surface area contributed by atoms with Gasteiger partial charge in [-0.2, -0.15) is 4.39 Å². The van der Waals surface area contributed by atoms with Crippen LogP contribution in [0.5, 0.6) is 0 Å². The highest BCUT2D eigenvalue weighted by atomic mass is 32.1. The number of likely N-dealkylation sites (tertiary alicyclic amines) is 1. The van der Waals surface area contributed by atoms with Crippen molar-refractivity contribution in [2.45, 2.75) is 52.6 Å². The van der Waals surface area contributed by atoms with Gasteiger partial charge in [-0.1, -0.05) is 51.2 Å². The fourth-order valence-electron chi connectivity index (χ4n) is 5.62. The Balaban J connectivity index is 1.49. The van der Waals surface area contributed by atoms with Crippen LogP contribution in [0.15, 0.2) is 24.3 Å². The minimum Gasteiger partial charge on any atom is -0.345 e. The van der Waals surface area contributed by atoms with E-state index in [1.807, 2.05) is 20.8 Å². The number of nitrogens with one attached hydrogen (secondary N) is 1. The monoisotopic (exact) mass is 581 g/mol. The summed E-state index contributed by atoms with van der Waals surface area (Å²) in [5, 5.41) is 3.19. The number of rotatable bonds is 9. The molecule has 0 aliphatic carbocycles. The van der Waals surface area contributed by atoms with Gasteiger partial charge >= 0.3 is 0 Å². The molecule has 220 valence electrons. The molecular formula is C31H40FN5O3S. The van der Waals surface area contributed by atoms with Gasteiger partial charge in [-0.25, -0.2) is 4.98 Å². The molecule has 2 aliphatic rings. The van der Waals surface area contributed by atoms with Gasteiger partial charge in [0.05, 0.1) is 6.04 Å². The van der Waals surface area contributed by atoms with E-state index in [2.05, 4.69) is 33.1 Å². The topological polar surface area (TPSA) is 85.8 Å². The molecule has 0 radical (unpaired) electrons. The first kappa shape index (κ1) is 30.7. The molecule has 4 unspecified atom stereocenters. The Hall–Kier alpha value is -3.29. The van der Waals surface area contributed by atoms with Gasteiger partial charge in [0.15, 0.2) is 10.9 Å². The Kier molecular flexibility index (Phi) is 9.82. The Labute approximate surface area is 246 Å². The maximum absolute atomic E-state index is 14.9. The van der Waals surface area contributed by atoms with Crippen molar-refractivity contribution < 1.29 is 18.8 Å². The number of hydrogen-bond donors (Lipinski definition) is 1. The molecule has 2 amide bonds. The fourth-order valence-corrected chi connectivity index (χ4v) is 6.49. The first-order chi connectivity index (χ1) is 19.5. The number of terminal acetylenes is 1. The van der Waals surface area contributed by atoms with Gasteiger partial charge in [0.1, 0.15) is 11.7 Å². The van der Waals surface area contributed by atoms with Crippen LogP contribution in [0.4, 0.5) is 9.52 Å². The minimum absolute atomic E-state index is 0.0288. The number of aromatic nitrogens is 1. The van der Waals surface area contributed by atoms with Gasteiger partial charge in [0.25, 0.3) is 5.91 Å². The third-order valence-electron chi connectivity index (χ3n) is 8.12. The van der Waals surface area contributed by atoms with Gasteiger partial charge in [-0.3, -0.25) is 14.4 Å². The van der Waals surface area contributed by atoms with Crippen LogP contribution in [0.3, 0.4) is 0 Å². The van der Waals surface area contributed by atoms with E-state index in [-0.39, 0.29) is 40.3 Å². The molecule has 2 aliphatic heterocycles. The van der Waals surface area contributed by atoms with E-state index in [0.29, 0.717) is 35.6 Å². The van der Waals surface area contributed by atoms with Crippen LogP contribution in [-0.4, -0.2) is 84.2 Å². The van der Waals surface area contributed by atoms with Gasteiger partial charge in [0.2, 0.25) is 11.0 Å². The number of ketones is 1. The average molecular weight is 582 g/mol. The van der Waals surface area contributed by atoms with Crippen LogP contribution in [0.2, 0.25) is 0 Å². The summed E-state index contributed by atoms with van der Waals surface area (Å²) < 4.78 is 14.9. The van der Waals surface area contributed by atoms with Crippen LogP contribution in [0, 0.1) is 35.2 Å². The lowest BCUT2D eigenvalue weighted by Gasteiger charge is -2.31. The number of carbonyl (C=O) groups excluding carboxylic acids is 3. The number of benzene rings is 1. The van der Waals surface area contributed by atoms with Crippen molar-refractivity contribution in [1.29, 1.82) is 0 Å². The molecule has 2 fully saturated rings. The lowest BCUT2D eigenvalue weighted by molar-refractivity contribution is -0.140. The van der Waals surface area contributed by atoms with Crippen molar-refractivity contribution in [2.24, 2.45) is 17.8 Å². The zero-order chi connectivity index (χ0) is 29.8. The quantitative estimate of drug-likeness (QED) is 0.452. The van der Waals surface area contributed by atoms with Crippen molar-refractivity contribution in [3.63, 3.8) is 0 Å². The summed E-state index contributed by atoms with van der Waals surface area (Å²) in [7, 11) is 2.06. The summed E-state index contributed by atoms with van der Waals surface area (Å²) in [4.78, 5) is 50.3. The maximum atomic E-state index is 14.9. The zero-order valence-electron chi connectivity index (χ0n) is 24.5.